The summed E-state index contributed by atoms with van der Waals surface area (Å²) in [5, 5.41) is 9.26. The number of anilines is 1. The van der Waals surface area contributed by atoms with E-state index in [0.29, 0.717) is 22.5 Å². The topological polar surface area (TPSA) is 102 Å². The minimum absolute atomic E-state index is 0.0738. The highest BCUT2D eigenvalue weighted by Gasteiger charge is 2.10. The number of thioether (sulfide) groups is 1. The van der Waals surface area contributed by atoms with Gasteiger partial charge in [-0.1, -0.05) is 11.8 Å². The number of carbonyl (C=O) groups is 1. The molecule has 0 spiro atoms. The largest absolute Gasteiger partial charge is 0.475 e. The van der Waals surface area contributed by atoms with Crippen molar-refractivity contribution in [2.75, 3.05) is 5.73 Å². The molecule has 7 heteroatoms. The molecule has 0 aliphatic rings. The number of carboxylic acid groups (broad SMARTS) is 1. The van der Waals surface area contributed by atoms with E-state index in [1.807, 2.05) is 6.92 Å². The highest BCUT2D eigenvalue weighted by Crippen LogP contribution is 2.21. The summed E-state index contributed by atoms with van der Waals surface area (Å²) >= 11 is 1.34. The van der Waals surface area contributed by atoms with Crippen LogP contribution in [0.5, 0.6) is 0 Å². The van der Waals surface area contributed by atoms with Gasteiger partial charge in [-0.05, 0) is 19.1 Å². The highest BCUT2D eigenvalue weighted by atomic mass is 32.2. The molecule has 2 rings (SSSR count). The lowest BCUT2D eigenvalue weighted by atomic mass is 10.4. The molecule has 0 bridgehead atoms. The molecule has 2 aromatic heterocycles. The molecule has 2 aromatic rings. The fourth-order valence-electron chi connectivity index (χ4n) is 1.34. The SMILES string of the molecule is Cc1cc(N)nc(SCc2ccc(C(=O)O)o2)n1. The van der Waals surface area contributed by atoms with Gasteiger partial charge in [-0.25, -0.2) is 14.8 Å². The van der Waals surface area contributed by atoms with Crippen LogP contribution in [-0.4, -0.2) is 21.0 Å². The fourth-order valence-corrected chi connectivity index (χ4v) is 2.14. The monoisotopic (exact) mass is 265 g/mol. The van der Waals surface area contributed by atoms with Crippen LogP contribution in [0, 0.1) is 6.92 Å². The van der Waals surface area contributed by atoms with Crippen LogP contribution < -0.4 is 5.73 Å². The zero-order valence-electron chi connectivity index (χ0n) is 9.58. The number of carboxylic acids is 1. The molecule has 0 aliphatic heterocycles. The Hall–Kier alpha value is -2.02. The zero-order valence-corrected chi connectivity index (χ0v) is 10.4. The number of rotatable bonds is 4. The van der Waals surface area contributed by atoms with Gasteiger partial charge in [0.25, 0.3) is 0 Å². The first-order valence-corrected chi connectivity index (χ1v) is 6.09. The van der Waals surface area contributed by atoms with Crippen molar-refractivity contribution in [3.05, 3.63) is 35.4 Å². The van der Waals surface area contributed by atoms with Crippen molar-refractivity contribution in [2.45, 2.75) is 17.8 Å². The van der Waals surface area contributed by atoms with Crippen LogP contribution in [0.2, 0.25) is 0 Å². The Morgan fingerprint density at radius 2 is 2.28 bits per heavy atom. The normalized spacial score (nSPS) is 10.5. The Morgan fingerprint density at radius 1 is 1.50 bits per heavy atom. The molecule has 0 saturated carbocycles. The molecule has 2 heterocycles. The Labute approximate surface area is 107 Å². The van der Waals surface area contributed by atoms with Crippen molar-refractivity contribution < 1.29 is 14.3 Å². The van der Waals surface area contributed by atoms with E-state index in [0.717, 1.165) is 5.69 Å². The summed E-state index contributed by atoms with van der Waals surface area (Å²) in [5.74, 6) is 0.269. The summed E-state index contributed by atoms with van der Waals surface area (Å²) in [6.45, 7) is 1.83. The molecule has 0 unspecified atom stereocenters. The Balaban J connectivity index is 2.04. The van der Waals surface area contributed by atoms with E-state index in [1.165, 1.54) is 17.8 Å². The summed E-state index contributed by atoms with van der Waals surface area (Å²) in [7, 11) is 0. The molecule has 0 fully saturated rings. The molecule has 6 nitrogen and oxygen atoms in total. The molecule has 0 aromatic carbocycles. The number of aromatic nitrogens is 2. The van der Waals surface area contributed by atoms with E-state index in [1.54, 1.807) is 12.1 Å². The van der Waals surface area contributed by atoms with Crippen LogP contribution in [-0.2, 0) is 5.75 Å². The van der Waals surface area contributed by atoms with Crippen molar-refractivity contribution >= 4 is 23.5 Å². The van der Waals surface area contributed by atoms with Crippen molar-refractivity contribution in [2.24, 2.45) is 0 Å². The zero-order chi connectivity index (χ0) is 13.1. The Morgan fingerprint density at radius 3 is 2.89 bits per heavy atom. The molecule has 0 radical (unpaired) electrons. The minimum Gasteiger partial charge on any atom is -0.475 e. The van der Waals surface area contributed by atoms with Crippen LogP contribution >= 0.6 is 11.8 Å². The summed E-state index contributed by atoms with van der Waals surface area (Å²) in [4.78, 5) is 18.9. The third kappa shape index (κ3) is 3.01. The average Bonchev–Trinajstić information content (AvgIpc) is 2.73. The number of furan rings is 1. The number of hydrogen-bond acceptors (Lipinski definition) is 6. The summed E-state index contributed by atoms with van der Waals surface area (Å²) in [6, 6.07) is 4.72. The van der Waals surface area contributed by atoms with E-state index in [4.69, 9.17) is 15.3 Å². The standard InChI is InChI=1S/C11H11N3O3S/c1-6-4-9(12)14-11(13-6)18-5-7-2-3-8(17-7)10(15)16/h2-4H,5H2,1H3,(H,15,16)(H2,12,13,14). The fraction of sp³-hybridized carbons (Fsp3) is 0.182. The van der Waals surface area contributed by atoms with Gasteiger partial charge in [-0.2, -0.15) is 0 Å². The lowest BCUT2D eigenvalue weighted by molar-refractivity contribution is 0.0661. The van der Waals surface area contributed by atoms with Crippen LogP contribution in [0.25, 0.3) is 0 Å². The predicted molar refractivity (Wildman–Crippen MR) is 66.4 cm³/mol. The quantitative estimate of drug-likeness (QED) is 0.643. The second kappa shape index (κ2) is 5.09. The first kappa shape index (κ1) is 12.4. The maximum Gasteiger partial charge on any atom is 0.371 e. The molecule has 3 N–H and O–H groups in total. The highest BCUT2D eigenvalue weighted by molar-refractivity contribution is 7.98. The maximum absolute atomic E-state index is 10.6. The third-order valence-corrected chi connectivity index (χ3v) is 2.94. The van der Waals surface area contributed by atoms with Crippen molar-refractivity contribution in [1.82, 2.24) is 9.97 Å². The second-order valence-electron chi connectivity index (χ2n) is 3.58. The minimum atomic E-state index is -1.08. The molecule has 0 amide bonds. The third-order valence-electron chi connectivity index (χ3n) is 2.07. The van der Waals surface area contributed by atoms with E-state index in [-0.39, 0.29) is 5.76 Å². The number of aromatic carboxylic acids is 1. The van der Waals surface area contributed by atoms with Gasteiger partial charge in [0.15, 0.2) is 5.16 Å². The lowest BCUT2D eigenvalue weighted by Gasteiger charge is -2.01. The molecule has 0 atom stereocenters. The summed E-state index contributed by atoms with van der Waals surface area (Å²) in [6.07, 6.45) is 0. The van der Waals surface area contributed by atoms with Gasteiger partial charge in [0.05, 0.1) is 5.75 Å². The van der Waals surface area contributed by atoms with Gasteiger partial charge in [-0.3, -0.25) is 0 Å². The number of hydrogen-bond donors (Lipinski definition) is 2. The Kier molecular flexibility index (Phi) is 3.52. The van der Waals surface area contributed by atoms with Gasteiger partial charge in [0.1, 0.15) is 11.6 Å². The van der Waals surface area contributed by atoms with E-state index in [9.17, 15) is 4.79 Å². The van der Waals surface area contributed by atoms with Crippen molar-refractivity contribution in [1.29, 1.82) is 0 Å². The number of nitrogen functional groups attached to an aromatic ring is 1. The first-order chi connectivity index (χ1) is 8.54. The maximum atomic E-state index is 10.6. The summed E-state index contributed by atoms with van der Waals surface area (Å²) in [5.41, 5.74) is 6.39. The summed E-state index contributed by atoms with van der Waals surface area (Å²) < 4.78 is 5.12. The van der Waals surface area contributed by atoms with Crippen LogP contribution in [0.4, 0.5) is 5.82 Å². The molecule has 18 heavy (non-hydrogen) atoms. The second-order valence-corrected chi connectivity index (χ2v) is 4.52. The van der Waals surface area contributed by atoms with Gasteiger partial charge in [0, 0.05) is 11.8 Å². The Bertz CT molecular complexity index is 562. The molecular weight excluding hydrogens is 254 g/mol. The smallest absolute Gasteiger partial charge is 0.371 e. The van der Waals surface area contributed by atoms with Crippen LogP contribution in [0.15, 0.2) is 27.8 Å². The molecular formula is C11H11N3O3S. The van der Waals surface area contributed by atoms with Gasteiger partial charge in [0.2, 0.25) is 5.76 Å². The number of aryl methyl sites for hydroxylation is 1. The van der Waals surface area contributed by atoms with E-state index >= 15 is 0 Å². The number of nitrogens with zero attached hydrogens (tertiary/aromatic N) is 2. The van der Waals surface area contributed by atoms with Crippen LogP contribution in [0.1, 0.15) is 22.0 Å². The molecule has 94 valence electrons. The molecule has 0 aliphatic carbocycles. The first-order valence-electron chi connectivity index (χ1n) is 5.10. The number of nitrogens with two attached hydrogens (primary N) is 1. The lowest BCUT2D eigenvalue weighted by Crippen LogP contribution is -1.96. The average molecular weight is 265 g/mol. The van der Waals surface area contributed by atoms with E-state index < -0.39 is 5.97 Å². The van der Waals surface area contributed by atoms with Gasteiger partial charge < -0.3 is 15.3 Å². The van der Waals surface area contributed by atoms with E-state index in [2.05, 4.69) is 9.97 Å². The predicted octanol–water partition coefficient (Wildman–Crippen LogP) is 1.95. The van der Waals surface area contributed by atoms with Gasteiger partial charge >= 0.3 is 5.97 Å². The van der Waals surface area contributed by atoms with Crippen LogP contribution in [0.3, 0.4) is 0 Å². The molecule has 0 saturated heterocycles. The van der Waals surface area contributed by atoms with Crippen molar-refractivity contribution in [3.8, 4) is 0 Å². The van der Waals surface area contributed by atoms with Crippen molar-refractivity contribution in [3.63, 3.8) is 0 Å². The van der Waals surface area contributed by atoms with Gasteiger partial charge in [-0.15, -0.1) is 0 Å².